The molecule has 5 rings (SSSR count). The number of nitrogens with one attached hydrogen (secondary N) is 1. The highest BCUT2D eigenvalue weighted by Crippen LogP contribution is 2.48. The summed E-state index contributed by atoms with van der Waals surface area (Å²) < 4.78 is 15.0. The third-order valence-electron chi connectivity index (χ3n) is 4.67. The molecule has 22 heavy (non-hydrogen) atoms. The van der Waals surface area contributed by atoms with Gasteiger partial charge in [0.1, 0.15) is 0 Å². The Morgan fingerprint density at radius 3 is 3.05 bits per heavy atom. The van der Waals surface area contributed by atoms with Crippen molar-refractivity contribution in [3.63, 3.8) is 0 Å². The van der Waals surface area contributed by atoms with Gasteiger partial charge in [-0.25, -0.2) is 4.21 Å². The van der Waals surface area contributed by atoms with E-state index in [1.54, 1.807) is 11.3 Å². The van der Waals surface area contributed by atoms with Crippen LogP contribution in [0.1, 0.15) is 23.7 Å². The monoisotopic (exact) mass is 326 g/mol. The summed E-state index contributed by atoms with van der Waals surface area (Å²) in [6.45, 7) is 0. The molecule has 0 saturated carbocycles. The van der Waals surface area contributed by atoms with Crippen molar-refractivity contribution in [2.24, 2.45) is 7.05 Å². The van der Waals surface area contributed by atoms with Gasteiger partial charge in [-0.05, 0) is 35.2 Å². The summed E-state index contributed by atoms with van der Waals surface area (Å²) in [6.07, 6.45) is 3.21. The minimum atomic E-state index is -1.09. The molecule has 0 fully saturated rings. The van der Waals surface area contributed by atoms with E-state index in [2.05, 4.69) is 35.3 Å². The first-order valence-electron chi connectivity index (χ1n) is 7.26. The molecule has 0 amide bonds. The van der Waals surface area contributed by atoms with Gasteiger partial charge >= 0.3 is 0 Å². The van der Waals surface area contributed by atoms with Gasteiger partial charge < -0.3 is 9.88 Å². The van der Waals surface area contributed by atoms with Crippen LogP contribution in [0.4, 0.5) is 0 Å². The fraction of sp³-hybridized carbons (Fsp3) is 0.176. The molecule has 2 aromatic heterocycles. The summed E-state index contributed by atoms with van der Waals surface area (Å²) in [4.78, 5) is 1.77. The summed E-state index contributed by atoms with van der Waals surface area (Å²) in [5.41, 5.74) is 5.32. The maximum absolute atomic E-state index is 12.7. The van der Waals surface area contributed by atoms with Crippen LogP contribution in [0.3, 0.4) is 0 Å². The normalized spacial score (nSPS) is 20.0. The molecule has 2 atom stereocenters. The fourth-order valence-corrected chi connectivity index (χ4v) is 5.69. The van der Waals surface area contributed by atoms with E-state index in [9.17, 15) is 4.21 Å². The number of hydrogen-bond donors (Lipinski definition) is 1. The van der Waals surface area contributed by atoms with Gasteiger partial charge in [0.15, 0.2) is 0 Å². The van der Waals surface area contributed by atoms with Crippen molar-refractivity contribution in [2.45, 2.75) is 22.3 Å². The number of fused-ring (bicyclic) bond motifs is 7. The van der Waals surface area contributed by atoms with Crippen molar-refractivity contribution in [1.82, 2.24) is 9.88 Å². The number of hydrogen-bond acceptors (Lipinski definition) is 3. The van der Waals surface area contributed by atoms with Crippen LogP contribution in [0.2, 0.25) is 0 Å². The Bertz CT molecular complexity index is 966. The maximum Gasteiger partial charge on any atom is 0.0858 e. The summed E-state index contributed by atoms with van der Waals surface area (Å²) in [5, 5.41) is 8.62. The Morgan fingerprint density at radius 1 is 1.32 bits per heavy atom. The summed E-state index contributed by atoms with van der Waals surface area (Å²) in [6, 6.07) is 8.54. The first-order valence-corrected chi connectivity index (χ1v) is 9.35. The van der Waals surface area contributed by atoms with Gasteiger partial charge in [-0.3, -0.25) is 0 Å². The van der Waals surface area contributed by atoms with Crippen molar-refractivity contribution in [3.8, 4) is 0 Å². The highest BCUT2D eigenvalue weighted by Gasteiger charge is 2.35. The van der Waals surface area contributed by atoms with Gasteiger partial charge in [0.05, 0.1) is 27.4 Å². The van der Waals surface area contributed by atoms with Crippen molar-refractivity contribution < 1.29 is 4.21 Å². The van der Waals surface area contributed by atoms with Crippen molar-refractivity contribution in [3.05, 3.63) is 52.5 Å². The third kappa shape index (κ3) is 1.53. The van der Waals surface area contributed by atoms with E-state index in [1.165, 1.54) is 27.7 Å². The highest BCUT2D eigenvalue weighted by molar-refractivity contribution is 7.85. The zero-order valence-electron chi connectivity index (χ0n) is 12.0. The van der Waals surface area contributed by atoms with E-state index < -0.39 is 10.8 Å². The quantitative estimate of drug-likeness (QED) is 0.777. The number of aromatic nitrogens is 1. The predicted molar refractivity (Wildman–Crippen MR) is 90.4 cm³/mol. The van der Waals surface area contributed by atoms with E-state index in [4.69, 9.17) is 0 Å². The molecule has 3 nitrogen and oxygen atoms in total. The average Bonchev–Trinajstić information content (AvgIpc) is 3.30. The van der Waals surface area contributed by atoms with Crippen LogP contribution in [0.5, 0.6) is 0 Å². The molecule has 2 unspecified atom stereocenters. The van der Waals surface area contributed by atoms with E-state index >= 15 is 0 Å². The molecule has 2 bridgehead atoms. The zero-order valence-corrected chi connectivity index (χ0v) is 13.6. The molecular weight excluding hydrogens is 312 g/mol. The van der Waals surface area contributed by atoms with Gasteiger partial charge in [0, 0.05) is 46.4 Å². The Hall–Kier alpha value is -1.85. The molecule has 5 heteroatoms. The fourth-order valence-electron chi connectivity index (χ4n) is 3.69. The first kappa shape index (κ1) is 12.7. The van der Waals surface area contributed by atoms with Crippen LogP contribution < -0.4 is 5.32 Å². The summed E-state index contributed by atoms with van der Waals surface area (Å²) in [7, 11) is 1.03. The van der Waals surface area contributed by atoms with Crippen molar-refractivity contribution >= 4 is 38.6 Å². The molecule has 1 N–H and O–H groups in total. The van der Waals surface area contributed by atoms with E-state index in [0.29, 0.717) is 6.04 Å². The Morgan fingerprint density at radius 2 is 2.23 bits per heavy atom. The van der Waals surface area contributed by atoms with Crippen LogP contribution in [-0.2, 0) is 17.8 Å². The third-order valence-corrected chi connectivity index (χ3v) is 6.87. The highest BCUT2D eigenvalue weighted by atomic mass is 32.2. The lowest BCUT2D eigenvalue weighted by Crippen LogP contribution is -2.10. The molecule has 1 aromatic carbocycles. The minimum Gasteiger partial charge on any atom is -0.383 e. The van der Waals surface area contributed by atoms with Gasteiger partial charge in [0.25, 0.3) is 0 Å². The lowest BCUT2D eigenvalue weighted by atomic mass is 10.1. The number of benzene rings is 1. The number of rotatable bonds is 2. The molecule has 110 valence electrons. The molecule has 0 saturated heterocycles. The SMILES string of the molecule is Cn1c2c(c3cc(S(=O)c4ccsc4)ccc31)C1CC2=CN1. The van der Waals surface area contributed by atoms with E-state index in [1.807, 2.05) is 22.9 Å². The van der Waals surface area contributed by atoms with Crippen LogP contribution in [0, 0.1) is 0 Å². The molecule has 0 radical (unpaired) electrons. The lowest BCUT2D eigenvalue weighted by molar-refractivity contribution is 0.683. The molecule has 2 aliphatic rings. The van der Waals surface area contributed by atoms with Gasteiger partial charge in [-0.15, -0.1) is 0 Å². The van der Waals surface area contributed by atoms with Crippen molar-refractivity contribution in [1.29, 1.82) is 0 Å². The number of nitrogens with zero attached hydrogens (tertiary/aromatic N) is 1. The van der Waals surface area contributed by atoms with E-state index in [-0.39, 0.29) is 0 Å². The second kappa shape index (κ2) is 4.33. The molecular formula is C17H14N2OS2. The maximum atomic E-state index is 12.7. The van der Waals surface area contributed by atoms with Crippen molar-refractivity contribution in [2.75, 3.05) is 0 Å². The minimum absolute atomic E-state index is 0.388. The van der Waals surface area contributed by atoms with E-state index in [0.717, 1.165) is 16.2 Å². The molecule has 3 aromatic rings. The molecule has 0 spiro atoms. The second-order valence-corrected chi connectivity index (χ2v) is 8.08. The largest absolute Gasteiger partial charge is 0.383 e. The van der Waals surface area contributed by atoms with Gasteiger partial charge in [-0.1, -0.05) is 0 Å². The number of thiophene rings is 1. The predicted octanol–water partition coefficient (Wildman–Crippen LogP) is 3.80. The van der Waals surface area contributed by atoms with Crippen LogP contribution >= 0.6 is 11.3 Å². The van der Waals surface area contributed by atoms with Crippen LogP contribution in [0.25, 0.3) is 16.5 Å². The Labute approximate surface area is 134 Å². The molecule has 3 heterocycles. The van der Waals surface area contributed by atoms with Gasteiger partial charge in [0.2, 0.25) is 0 Å². The smallest absolute Gasteiger partial charge is 0.0858 e. The summed E-state index contributed by atoms with van der Waals surface area (Å²) in [5.74, 6) is 0. The first-order chi connectivity index (χ1) is 10.7. The molecule has 1 aliphatic carbocycles. The lowest BCUT2D eigenvalue weighted by Gasteiger charge is -2.09. The Kier molecular flexibility index (Phi) is 2.50. The van der Waals surface area contributed by atoms with Gasteiger partial charge in [-0.2, -0.15) is 11.3 Å². The van der Waals surface area contributed by atoms with Crippen LogP contribution in [0.15, 0.2) is 51.0 Å². The zero-order chi connectivity index (χ0) is 14.8. The number of aryl methyl sites for hydroxylation is 1. The van der Waals surface area contributed by atoms with Crippen LogP contribution in [-0.4, -0.2) is 8.78 Å². The standard InChI is InChI=1S/C17H14N2OS2/c1-19-15-3-2-11(22(20)12-4-5-21-9-12)7-13(15)16-14-6-10(8-18-14)17(16)19/h2-5,7-9,14,18H,6H2,1H3. The average molecular weight is 326 g/mol. The topological polar surface area (TPSA) is 34.0 Å². The second-order valence-electron chi connectivity index (χ2n) is 5.82. The Balaban J connectivity index is 1.74. The summed E-state index contributed by atoms with van der Waals surface area (Å²) >= 11 is 1.59. The molecule has 1 aliphatic heterocycles.